The van der Waals surface area contributed by atoms with Gasteiger partial charge in [0.2, 0.25) is 5.91 Å². The Hall–Kier alpha value is -2.31. The molecule has 3 atom stereocenters. The van der Waals surface area contributed by atoms with Crippen LogP contribution in [0, 0.1) is 11.6 Å². The Morgan fingerprint density at radius 1 is 1.15 bits per heavy atom. The molecule has 0 bridgehead atoms. The number of rotatable bonds is 6. The van der Waals surface area contributed by atoms with Gasteiger partial charge in [0, 0.05) is 6.54 Å². The molecule has 138 valence electrons. The molecule has 1 amide bonds. The first-order chi connectivity index (χ1) is 12.5. The van der Waals surface area contributed by atoms with E-state index in [9.17, 15) is 13.6 Å². The SMILES string of the molecule is NC[C@H]1CC[C@@H](C(=O)NC(Cc2cccc(F)c2)c2cccc(F)c2)O1. The highest BCUT2D eigenvalue weighted by Gasteiger charge is 2.31. The molecular weight excluding hydrogens is 338 g/mol. The van der Waals surface area contributed by atoms with Crippen LogP contribution in [-0.4, -0.2) is 24.7 Å². The Balaban J connectivity index is 1.77. The van der Waals surface area contributed by atoms with Crippen LogP contribution in [0.25, 0.3) is 0 Å². The van der Waals surface area contributed by atoms with Crippen molar-refractivity contribution in [3.05, 3.63) is 71.3 Å². The van der Waals surface area contributed by atoms with Gasteiger partial charge in [-0.15, -0.1) is 0 Å². The number of hydrogen-bond donors (Lipinski definition) is 2. The Morgan fingerprint density at radius 2 is 1.88 bits per heavy atom. The molecule has 1 heterocycles. The first-order valence-electron chi connectivity index (χ1n) is 8.71. The minimum atomic E-state index is -0.563. The van der Waals surface area contributed by atoms with Crippen molar-refractivity contribution in [2.45, 2.75) is 37.5 Å². The van der Waals surface area contributed by atoms with E-state index in [4.69, 9.17) is 10.5 Å². The highest BCUT2D eigenvalue weighted by Crippen LogP contribution is 2.23. The third kappa shape index (κ3) is 4.65. The molecule has 2 aromatic rings. The zero-order valence-electron chi connectivity index (χ0n) is 14.3. The summed E-state index contributed by atoms with van der Waals surface area (Å²) in [6.45, 7) is 0.375. The van der Waals surface area contributed by atoms with Crippen molar-refractivity contribution in [2.24, 2.45) is 5.73 Å². The van der Waals surface area contributed by atoms with Gasteiger partial charge in [-0.25, -0.2) is 8.78 Å². The Labute approximate surface area is 151 Å². The lowest BCUT2D eigenvalue weighted by Gasteiger charge is -2.22. The quantitative estimate of drug-likeness (QED) is 0.833. The summed E-state index contributed by atoms with van der Waals surface area (Å²) in [5.74, 6) is -0.996. The predicted octanol–water partition coefficient (Wildman–Crippen LogP) is 2.87. The van der Waals surface area contributed by atoms with Gasteiger partial charge in [-0.1, -0.05) is 24.3 Å². The number of halogens is 2. The molecule has 26 heavy (non-hydrogen) atoms. The van der Waals surface area contributed by atoms with Gasteiger partial charge in [0.1, 0.15) is 17.7 Å². The molecule has 1 fully saturated rings. The molecule has 1 unspecified atom stereocenters. The van der Waals surface area contributed by atoms with E-state index >= 15 is 0 Å². The third-order valence-corrected chi connectivity index (χ3v) is 4.56. The van der Waals surface area contributed by atoms with Crippen LogP contribution in [0.4, 0.5) is 8.78 Å². The minimum Gasteiger partial charge on any atom is -0.364 e. The van der Waals surface area contributed by atoms with Crippen LogP contribution in [0.3, 0.4) is 0 Å². The largest absolute Gasteiger partial charge is 0.364 e. The molecule has 0 aromatic heterocycles. The van der Waals surface area contributed by atoms with E-state index in [0.29, 0.717) is 30.5 Å². The Kier molecular flexibility index (Phi) is 5.96. The zero-order valence-corrected chi connectivity index (χ0v) is 14.3. The van der Waals surface area contributed by atoms with Crippen LogP contribution in [-0.2, 0) is 16.0 Å². The lowest BCUT2D eigenvalue weighted by Crippen LogP contribution is -2.38. The monoisotopic (exact) mass is 360 g/mol. The van der Waals surface area contributed by atoms with Crippen molar-refractivity contribution >= 4 is 5.91 Å². The summed E-state index contributed by atoms with van der Waals surface area (Å²) in [6.07, 6.45) is 1.01. The number of carbonyl (C=O) groups excluding carboxylic acids is 1. The van der Waals surface area contributed by atoms with Crippen LogP contribution in [0.1, 0.15) is 30.0 Å². The van der Waals surface area contributed by atoms with Crippen molar-refractivity contribution in [3.63, 3.8) is 0 Å². The lowest BCUT2D eigenvalue weighted by molar-refractivity contribution is -0.132. The van der Waals surface area contributed by atoms with E-state index in [0.717, 1.165) is 6.42 Å². The minimum absolute atomic E-state index is 0.110. The first kappa shape index (κ1) is 18.5. The number of amides is 1. The summed E-state index contributed by atoms with van der Waals surface area (Å²) in [7, 11) is 0. The summed E-state index contributed by atoms with van der Waals surface area (Å²) >= 11 is 0. The van der Waals surface area contributed by atoms with Crippen molar-refractivity contribution < 1.29 is 18.3 Å². The molecule has 0 spiro atoms. The molecular formula is C20H22F2N2O2. The van der Waals surface area contributed by atoms with Crippen molar-refractivity contribution in [3.8, 4) is 0 Å². The fraction of sp³-hybridized carbons (Fsp3) is 0.350. The smallest absolute Gasteiger partial charge is 0.249 e. The highest BCUT2D eigenvalue weighted by molar-refractivity contribution is 5.81. The van der Waals surface area contributed by atoms with Gasteiger partial charge in [-0.3, -0.25) is 4.79 Å². The number of nitrogens with two attached hydrogens (primary N) is 1. The Bertz CT molecular complexity index is 769. The standard InChI is InChI=1S/C20H22F2N2O2/c21-15-5-1-3-13(9-15)10-18(14-4-2-6-16(22)11-14)24-20(25)19-8-7-17(12-23)26-19/h1-6,9,11,17-19H,7-8,10,12,23H2,(H,24,25)/t17-,18?,19+/m1/s1. The first-order valence-corrected chi connectivity index (χ1v) is 8.71. The van der Waals surface area contributed by atoms with E-state index in [1.54, 1.807) is 24.3 Å². The topological polar surface area (TPSA) is 64.4 Å². The van der Waals surface area contributed by atoms with E-state index < -0.39 is 12.1 Å². The van der Waals surface area contributed by atoms with Gasteiger partial charge < -0.3 is 15.8 Å². The molecule has 3 rings (SSSR count). The number of ether oxygens (including phenoxy) is 1. The summed E-state index contributed by atoms with van der Waals surface area (Å²) < 4.78 is 32.8. The maximum Gasteiger partial charge on any atom is 0.249 e. The number of nitrogens with one attached hydrogen (secondary N) is 1. The zero-order chi connectivity index (χ0) is 18.5. The molecule has 1 saturated heterocycles. The maximum absolute atomic E-state index is 13.7. The average Bonchev–Trinajstić information content (AvgIpc) is 3.10. The predicted molar refractivity (Wildman–Crippen MR) is 94.3 cm³/mol. The summed E-state index contributed by atoms with van der Waals surface area (Å²) in [4.78, 5) is 12.6. The van der Waals surface area contributed by atoms with E-state index in [2.05, 4.69) is 5.32 Å². The fourth-order valence-electron chi connectivity index (χ4n) is 3.21. The number of benzene rings is 2. The average molecular weight is 360 g/mol. The van der Waals surface area contributed by atoms with E-state index in [1.165, 1.54) is 24.3 Å². The Morgan fingerprint density at radius 3 is 2.54 bits per heavy atom. The second kappa shape index (κ2) is 8.38. The second-order valence-corrected chi connectivity index (χ2v) is 6.51. The van der Waals surface area contributed by atoms with Crippen LogP contribution < -0.4 is 11.1 Å². The molecule has 6 heteroatoms. The molecule has 2 aromatic carbocycles. The molecule has 1 aliphatic rings. The van der Waals surface area contributed by atoms with Gasteiger partial charge in [0.05, 0.1) is 12.1 Å². The molecule has 1 aliphatic heterocycles. The van der Waals surface area contributed by atoms with Crippen molar-refractivity contribution in [2.75, 3.05) is 6.54 Å². The molecule has 0 radical (unpaired) electrons. The van der Waals surface area contributed by atoms with Gasteiger partial charge in [-0.2, -0.15) is 0 Å². The number of hydrogen-bond acceptors (Lipinski definition) is 3. The van der Waals surface area contributed by atoms with Gasteiger partial charge in [0.15, 0.2) is 0 Å². The molecule has 4 nitrogen and oxygen atoms in total. The van der Waals surface area contributed by atoms with Gasteiger partial charge in [-0.05, 0) is 54.7 Å². The lowest BCUT2D eigenvalue weighted by atomic mass is 9.98. The molecule has 0 aliphatic carbocycles. The maximum atomic E-state index is 13.7. The third-order valence-electron chi connectivity index (χ3n) is 4.56. The van der Waals surface area contributed by atoms with E-state index in [1.807, 2.05) is 0 Å². The summed E-state index contributed by atoms with van der Waals surface area (Å²) in [5.41, 5.74) is 6.92. The second-order valence-electron chi connectivity index (χ2n) is 6.51. The normalized spacial score (nSPS) is 20.7. The number of carbonyl (C=O) groups is 1. The van der Waals surface area contributed by atoms with Gasteiger partial charge in [0.25, 0.3) is 0 Å². The fourth-order valence-corrected chi connectivity index (χ4v) is 3.21. The van der Waals surface area contributed by atoms with Crippen LogP contribution >= 0.6 is 0 Å². The van der Waals surface area contributed by atoms with Crippen molar-refractivity contribution in [1.29, 1.82) is 0 Å². The van der Waals surface area contributed by atoms with E-state index in [-0.39, 0.29) is 23.6 Å². The van der Waals surface area contributed by atoms with Crippen LogP contribution in [0.15, 0.2) is 48.5 Å². The van der Waals surface area contributed by atoms with Gasteiger partial charge >= 0.3 is 0 Å². The molecule has 3 N–H and O–H groups in total. The molecule has 0 saturated carbocycles. The highest BCUT2D eigenvalue weighted by atomic mass is 19.1. The van der Waals surface area contributed by atoms with Crippen LogP contribution in [0.5, 0.6) is 0 Å². The summed E-state index contributed by atoms with van der Waals surface area (Å²) in [5, 5.41) is 2.92. The van der Waals surface area contributed by atoms with Crippen LogP contribution in [0.2, 0.25) is 0 Å². The van der Waals surface area contributed by atoms with Crippen molar-refractivity contribution in [1.82, 2.24) is 5.32 Å². The summed E-state index contributed by atoms with van der Waals surface area (Å²) in [6, 6.07) is 11.7.